The molecule has 0 aromatic carbocycles. The Balaban J connectivity index is 1.83. The first kappa shape index (κ1) is 15.8. The maximum absolute atomic E-state index is 12.5. The van der Waals surface area contributed by atoms with E-state index in [1.165, 1.54) is 32.1 Å². The van der Waals surface area contributed by atoms with Crippen LogP contribution in [0.5, 0.6) is 0 Å². The largest absolute Gasteiger partial charge is 0.368 e. The summed E-state index contributed by atoms with van der Waals surface area (Å²) in [5.74, 6) is 1.43. The number of ether oxygens (including phenoxy) is 1. The number of carbonyl (C=O) groups excluding carboxylic acids is 1. The molecule has 2 rings (SSSR count). The zero-order chi connectivity index (χ0) is 14.5. The van der Waals surface area contributed by atoms with Gasteiger partial charge in [-0.25, -0.2) is 0 Å². The first-order chi connectivity index (χ1) is 9.58. The van der Waals surface area contributed by atoms with Gasteiger partial charge in [-0.05, 0) is 44.4 Å². The number of nitrogens with zero attached hydrogens (tertiary/aromatic N) is 1. The van der Waals surface area contributed by atoms with Crippen molar-refractivity contribution in [3.63, 3.8) is 0 Å². The topological polar surface area (TPSA) is 29.5 Å². The summed E-state index contributed by atoms with van der Waals surface area (Å²) in [6.45, 7) is 7.88. The van der Waals surface area contributed by atoms with E-state index in [0.717, 1.165) is 19.4 Å². The van der Waals surface area contributed by atoms with Crippen LogP contribution in [-0.4, -0.2) is 36.1 Å². The molecule has 1 aliphatic heterocycles. The van der Waals surface area contributed by atoms with Crippen LogP contribution in [0.1, 0.15) is 65.7 Å². The summed E-state index contributed by atoms with van der Waals surface area (Å²) in [5.41, 5.74) is 0. The Labute approximate surface area is 124 Å². The van der Waals surface area contributed by atoms with E-state index in [-0.39, 0.29) is 12.5 Å². The average Bonchev–Trinajstić information content (AvgIpc) is 2.59. The average molecular weight is 281 g/mol. The Morgan fingerprint density at radius 3 is 2.55 bits per heavy atom. The third-order valence-electron chi connectivity index (χ3n) is 5.13. The second kappa shape index (κ2) is 7.44. The number of rotatable bonds is 3. The fourth-order valence-corrected chi connectivity index (χ4v) is 3.66. The molecule has 3 heteroatoms. The van der Waals surface area contributed by atoms with E-state index < -0.39 is 0 Å². The maximum Gasteiger partial charge on any atom is 0.248 e. The van der Waals surface area contributed by atoms with Crippen LogP contribution in [0.2, 0.25) is 0 Å². The van der Waals surface area contributed by atoms with E-state index >= 15 is 0 Å². The first-order valence-corrected chi connectivity index (χ1v) is 8.49. The van der Waals surface area contributed by atoms with Crippen molar-refractivity contribution in [1.82, 2.24) is 4.90 Å². The fraction of sp³-hybridized carbons (Fsp3) is 0.941. The normalized spacial score (nSPS) is 35.6. The summed E-state index contributed by atoms with van der Waals surface area (Å²) in [5, 5.41) is 0. The predicted octanol–water partition coefficient (Wildman–Crippen LogP) is 3.62. The van der Waals surface area contributed by atoms with Crippen LogP contribution in [0, 0.1) is 11.8 Å². The Bertz CT molecular complexity index is 318. The van der Waals surface area contributed by atoms with E-state index in [4.69, 9.17) is 4.74 Å². The molecule has 0 radical (unpaired) electrons. The second-order valence-electron chi connectivity index (χ2n) is 7.04. The lowest BCUT2D eigenvalue weighted by atomic mass is 9.88. The lowest BCUT2D eigenvalue weighted by molar-refractivity contribution is -0.142. The molecule has 2 aliphatic rings. The molecule has 0 aromatic rings. The first-order valence-electron chi connectivity index (χ1n) is 8.49. The molecule has 2 fully saturated rings. The van der Waals surface area contributed by atoms with Crippen molar-refractivity contribution in [2.45, 2.75) is 77.9 Å². The molecule has 4 atom stereocenters. The van der Waals surface area contributed by atoms with Crippen LogP contribution in [0.25, 0.3) is 0 Å². The number of likely N-dealkylation sites (tertiary alicyclic amines) is 1. The van der Waals surface area contributed by atoms with Gasteiger partial charge in [0.05, 0.1) is 6.10 Å². The minimum absolute atomic E-state index is 0.198. The van der Waals surface area contributed by atoms with E-state index in [9.17, 15) is 4.79 Å². The van der Waals surface area contributed by atoms with Gasteiger partial charge in [0, 0.05) is 12.6 Å². The van der Waals surface area contributed by atoms with Gasteiger partial charge in [-0.15, -0.1) is 0 Å². The molecule has 0 aromatic heterocycles. The molecule has 3 nitrogen and oxygen atoms in total. The molecule has 116 valence electrons. The molecule has 1 saturated heterocycles. The summed E-state index contributed by atoms with van der Waals surface area (Å²) in [7, 11) is 0. The quantitative estimate of drug-likeness (QED) is 0.790. The summed E-state index contributed by atoms with van der Waals surface area (Å²) in [4.78, 5) is 14.5. The summed E-state index contributed by atoms with van der Waals surface area (Å²) < 4.78 is 5.94. The van der Waals surface area contributed by atoms with Gasteiger partial charge < -0.3 is 9.64 Å². The molecule has 1 saturated carbocycles. The van der Waals surface area contributed by atoms with Crippen LogP contribution in [0.3, 0.4) is 0 Å². The van der Waals surface area contributed by atoms with Crippen LogP contribution in [0.15, 0.2) is 0 Å². The molecule has 1 amide bonds. The van der Waals surface area contributed by atoms with Crippen LogP contribution in [0.4, 0.5) is 0 Å². The van der Waals surface area contributed by atoms with Crippen LogP contribution in [-0.2, 0) is 9.53 Å². The van der Waals surface area contributed by atoms with Gasteiger partial charge in [-0.1, -0.05) is 33.1 Å². The number of hydrogen-bond donors (Lipinski definition) is 0. The van der Waals surface area contributed by atoms with E-state index in [0.29, 0.717) is 24.0 Å². The molecule has 20 heavy (non-hydrogen) atoms. The van der Waals surface area contributed by atoms with Gasteiger partial charge >= 0.3 is 0 Å². The van der Waals surface area contributed by atoms with E-state index in [1.54, 1.807) is 0 Å². The number of carbonyl (C=O) groups is 1. The molecular weight excluding hydrogens is 250 g/mol. The van der Waals surface area contributed by atoms with Gasteiger partial charge in [0.25, 0.3) is 0 Å². The highest BCUT2D eigenvalue weighted by atomic mass is 16.5. The Kier molecular flexibility index (Phi) is 5.88. The van der Waals surface area contributed by atoms with Crippen molar-refractivity contribution < 1.29 is 9.53 Å². The summed E-state index contributed by atoms with van der Waals surface area (Å²) >= 11 is 0. The van der Waals surface area contributed by atoms with Crippen LogP contribution < -0.4 is 0 Å². The second-order valence-corrected chi connectivity index (χ2v) is 7.04. The summed E-state index contributed by atoms with van der Waals surface area (Å²) in [6.07, 6.45) is 8.86. The van der Waals surface area contributed by atoms with Gasteiger partial charge in [0.1, 0.15) is 6.61 Å². The van der Waals surface area contributed by atoms with Crippen molar-refractivity contribution >= 4 is 5.91 Å². The van der Waals surface area contributed by atoms with Gasteiger partial charge in [-0.3, -0.25) is 4.79 Å². The smallest absolute Gasteiger partial charge is 0.248 e. The molecular formula is C17H31NO2. The zero-order valence-corrected chi connectivity index (χ0v) is 13.4. The van der Waals surface area contributed by atoms with Gasteiger partial charge in [0.2, 0.25) is 5.91 Å². The van der Waals surface area contributed by atoms with E-state index in [1.807, 2.05) is 0 Å². The van der Waals surface area contributed by atoms with Crippen molar-refractivity contribution in [1.29, 1.82) is 0 Å². The van der Waals surface area contributed by atoms with Crippen molar-refractivity contribution in [2.75, 3.05) is 13.2 Å². The number of hydrogen-bond acceptors (Lipinski definition) is 2. The number of amides is 1. The predicted molar refractivity (Wildman–Crippen MR) is 81.6 cm³/mol. The lowest BCUT2D eigenvalue weighted by Gasteiger charge is -2.32. The van der Waals surface area contributed by atoms with Gasteiger partial charge in [0.15, 0.2) is 0 Å². The minimum atomic E-state index is 0.198. The van der Waals surface area contributed by atoms with Crippen molar-refractivity contribution in [2.24, 2.45) is 11.8 Å². The lowest BCUT2D eigenvalue weighted by Crippen LogP contribution is -2.43. The maximum atomic E-state index is 12.5. The van der Waals surface area contributed by atoms with E-state index in [2.05, 4.69) is 25.7 Å². The minimum Gasteiger partial charge on any atom is -0.368 e. The Morgan fingerprint density at radius 2 is 1.80 bits per heavy atom. The highest BCUT2D eigenvalue weighted by Gasteiger charge is 2.27. The third kappa shape index (κ3) is 4.21. The monoisotopic (exact) mass is 281 g/mol. The zero-order valence-electron chi connectivity index (χ0n) is 13.4. The Morgan fingerprint density at radius 1 is 1.05 bits per heavy atom. The SMILES string of the molecule is CC1CCCC(C)N(C(=O)COC2CCCCC2C)C1. The van der Waals surface area contributed by atoms with Gasteiger partial charge in [-0.2, -0.15) is 0 Å². The third-order valence-corrected chi connectivity index (χ3v) is 5.13. The molecule has 1 heterocycles. The van der Waals surface area contributed by atoms with Crippen LogP contribution >= 0.6 is 0 Å². The fourth-order valence-electron chi connectivity index (χ4n) is 3.66. The molecule has 0 spiro atoms. The molecule has 0 N–H and O–H groups in total. The summed E-state index contributed by atoms with van der Waals surface area (Å²) in [6, 6.07) is 0.375. The van der Waals surface area contributed by atoms with Crippen molar-refractivity contribution in [3.8, 4) is 0 Å². The van der Waals surface area contributed by atoms with Crippen molar-refractivity contribution in [3.05, 3.63) is 0 Å². The standard InChI is InChI=1S/C17H31NO2/c1-13-7-6-9-15(3)18(11-13)17(19)12-20-16-10-5-4-8-14(16)2/h13-16H,4-12H2,1-3H3. The molecule has 1 aliphatic carbocycles. The Hall–Kier alpha value is -0.570. The highest BCUT2D eigenvalue weighted by Crippen LogP contribution is 2.26. The molecule has 4 unspecified atom stereocenters. The molecule has 0 bridgehead atoms. The highest BCUT2D eigenvalue weighted by molar-refractivity contribution is 5.77.